The Bertz CT molecular complexity index is 749. The second-order valence-corrected chi connectivity index (χ2v) is 7.64. The van der Waals surface area contributed by atoms with Crippen LogP contribution in [0.1, 0.15) is 30.4 Å². The summed E-state index contributed by atoms with van der Waals surface area (Å²) in [6.45, 7) is 6.10. The third-order valence-corrected chi connectivity index (χ3v) is 5.77. The van der Waals surface area contributed by atoms with Gasteiger partial charge in [-0.3, -0.25) is 4.90 Å². The second-order valence-electron chi connectivity index (χ2n) is 7.64. The van der Waals surface area contributed by atoms with Crippen LogP contribution in [-0.4, -0.2) is 44.2 Å². The normalized spacial score (nSPS) is 16.0. The van der Waals surface area contributed by atoms with Crippen LogP contribution in [0.3, 0.4) is 0 Å². The first kappa shape index (κ1) is 23.8. The molecule has 0 aromatic heterocycles. The fourth-order valence-electron chi connectivity index (χ4n) is 4.15. The lowest BCUT2D eigenvalue weighted by Crippen LogP contribution is -2.46. The molecule has 1 aliphatic carbocycles. The van der Waals surface area contributed by atoms with Crippen molar-refractivity contribution in [1.82, 2.24) is 4.90 Å². The summed E-state index contributed by atoms with van der Waals surface area (Å²) >= 11 is 0. The highest BCUT2D eigenvalue weighted by Crippen LogP contribution is 2.26. The maximum absolute atomic E-state index is 13.0. The van der Waals surface area contributed by atoms with E-state index in [1.54, 1.807) is 12.1 Å². The Morgan fingerprint density at radius 1 is 0.828 bits per heavy atom. The van der Waals surface area contributed by atoms with Crippen LogP contribution >= 0.6 is 24.8 Å². The summed E-state index contributed by atoms with van der Waals surface area (Å²) in [6, 6.07) is 13.4. The highest BCUT2D eigenvalue weighted by Gasteiger charge is 2.17. The molecule has 4 rings (SSSR count). The minimum absolute atomic E-state index is 0. The molecule has 0 unspecified atom stereocenters. The van der Waals surface area contributed by atoms with Gasteiger partial charge in [-0.2, -0.15) is 0 Å². The van der Waals surface area contributed by atoms with Crippen LogP contribution in [-0.2, 0) is 12.8 Å². The Hall–Kier alpha value is -1.49. The van der Waals surface area contributed by atoms with Gasteiger partial charge in [0.25, 0.3) is 0 Å². The van der Waals surface area contributed by atoms with E-state index in [0.717, 1.165) is 57.2 Å². The van der Waals surface area contributed by atoms with Gasteiger partial charge in [0, 0.05) is 31.9 Å². The molecule has 2 aromatic carbocycles. The smallest absolute Gasteiger partial charge is 0.123 e. The molecule has 2 aliphatic rings. The third kappa shape index (κ3) is 6.50. The zero-order chi connectivity index (χ0) is 18.5. The van der Waals surface area contributed by atoms with Crippen molar-refractivity contribution in [2.24, 2.45) is 0 Å². The molecule has 1 saturated heterocycles. The molecule has 6 heteroatoms. The number of halogens is 3. The molecule has 0 N–H and O–H groups in total. The maximum Gasteiger partial charge on any atom is 0.123 e. The summed E-state index contributed by atoms with van der Waals surface area (Å²) in [4.78, 5) is 4.86. The van der Waals surface area contributed by atoms with Crippen LogP contribution in [0.4, 0.5) is 10.1 Å². The van der Waals surface area contributed by atoms with Crippen molar-refractivity contribution in [3.63, 3.8) is 0 Å². The van der Waals surface area contributed by atoms with Crippen molar-refractivity contribution >= 4 is 30.5 Å². The van der Waals surface area contributed by atoms with Crippen molar-refractivity contribution in [2.75, 3.05) is 44.2 Å². The molecule has 0 atom stereocenters. The van der Waals surface area contributed by atoms with E-state index in [9.17, 15) is 4.39 Å². The molecule has 1 fully saturated rings. The van der Waals surface area contributed by atoms with Gasteiger partial charge in [0.1, 0.15) is 11.6 Å². The number of aryl methyl sites for hydroxylation is 2. The van der Waals surface area contributed by atoms with Crippen LogP contribution in [0.5, 0.6) is 5.75 Å². The van der Waals surface area contributed by atoms with Crippen molar-refractivity contribution in [2.45, 2.75) is 32.1 Å². The summed E-state index contributed by atoms with van der Waals surface area (Å²) in [5, 5.41) is 0. The van der Waals surface area contributed by atoms with Gasteiger partial charge < -0.3 is 9.64 Å². The number of benzene rings is 2. The first-order chi connectivity index (χ1) is 13.3. The highest BCUT2D eigenvalue weighted by atomic mass is 35.5. The molecule has 1 heterocycles. The molecule has 160 valence electrons. The molecular weight excluding hydrogens is 410 g/mol. The van der Waals surface area contributed by atoms with E-state index in [2.05, 4.69) is 28.0 Å². The number of nitrogens with zero attached hydrogens (tertiary/aromatic N) is 2. The fourth-order valence-corrected chi connectivity index (χ4v) is 4.15. The van der Waals surface area contributed by atoms with E-state index >= 15 is 0 Å². The van der Waals surface area contributed by atoms with Crippen molar-refractivity contribution in [3.8, 4) is 5.75 Å². The van der Waals surface area contributed by atoms with Crippen LogP contribution < -0.4 is 9.64 Å². The van der Waals surface area contributed by atoms with Crippen molar-refractivity contribution in [3.05, 3.63) is 59.4 Å². The van der Waals surface area contributed by atoms with Crippen molar-refractivity contribution < 1.29 is 9.13 Å². The lowest BCUT2D eigenvalue weighted by atomic mass is 10.1. The van der Waals surface area contributed by atoms with Gasteiger partial charge in [0.05, 0.1) is 6.61 Å². The number of unbranched alkanes of at least 4 members (excludes halogenated alkanes) is 1. The number of anilines is 1. The van der Waals surface area contributed by atoms with Crippen molar-refractivity contribution in [1.29, 1.82) is 0 Å². The molecule has 1 aliphatic heterocycles. The van der Waals surface area contributed by atoms with Crippen LogP contribution in [0.2, 0.25) is 0 Å². The average molecular weight is 441 g/mol. The van der Waals surface area contributed by atoms with E-state index < -0.39 is 0 Å². The van der Waals surface area contributed by atoms with Gasteiger partial charge in [0.2, 0.25) is 0 Å². The standard InChI is InChI=1S/C23H29FN2O.2ClH/c24-21-7-9-22(10-8-21)26-15-13-25(14-16-26)12-1-2-17-27-23-11-6-19-4-3-5-20(19)18-23;;/h6-11,18H,1-5,12-17H2;2*1H. The van der Waals surface area contributed by atoms with Crippen LogP contribution in [0.25, 0.3) is 0 Å². The lowest BCUT2D eigenvalue weighted by Gasteiger charge is -2.36. The summed E-state index contributed by atoms with van der Waals surface area (Å²) in [5.74, 6) is 0.864. The highest BCUT2D eigenvalue weighted by molar-refractivity contribution is 5.85. The summed E-state index contributed by atoms with van der Waals surface area (Å²) in [5.41, 5.74) is 4.10. The van der Waals surface area contributed by atoms with E-state index in [-0.39, 0.29) is 30.6 Å². The Kier molecular flexibility index (Phi) is 9.54. The van der Waals surface area contributed by atoms with Gasteiger partial charge in [0.15, 0.2) is 0 Å². The number of piperazine rings is 1. The van der Waals surface area contributed by atoms with E-state index in [0.29, 0.717) is 0 Å². The zero-order valence-corrected chi connectivity index (χ0v) is 18.4. The molecule has 29 heavy (non-hydrogen) atoms. The van der Waals surface area contributed by atoms with Gasteiger partial charge in [-0.15, -0.1) is 24.8 Å². The van der Waals surface area contributed by atoms with Crippen LogP contribution in [0, 0.1) is 5.82 Å². The number of hydrogen-bond acceptors (Lipinski definition) is 3. The number of ether oxygens (including phenoxy) is 1. The Morgan fingerprint density at radius 3 is 2.31 bits per heavy atom. The molecule has 2 aromatic rings. The number of rotatable bonds is 7. The summed E-state index contributed by atoms with van der Waals surface area (Å²) in [6.07, 6.45) is 5.98. The number of hydrogen-bond donors (Lipinski definition) is 0. The molecule has 0 amide bonds. The molecule has 0 spiro atoms. The molecule has 0 radical (unpaired) electrons. The first-order valence-electron chi connectivity index (χ1n) is 10.3. The summed E-state index contributed by atoms with van der Waals surface area (Å²) in [7, 11) is 0. The minimum Gasteiger partial charge on any atom is -0.494 e. The molecular formula is C23H31Cl2FN2O. The third-order valence-electron chi connectivity index (χ3n) is 5.77. The maximum atomic E-state index is 13.0. The lowest BCUT2D eigenvalue weighted by molar-refractivity contribution is 0.238. The first-order valence-corrected chi connectivity index (χ1v) is 10.3. The van der Waals surface area contributed by atoms with Gasteiger partial charge in [-0.1, -0.05) is 6.07 Å². The molecule has 3 nitrogen and oxygen atoms in total. The van der Waals surface area contributed by atoms with Gasteiger partial charge >= 0.3 is 0 Å². The molecule has 0 bridgehead atoms. The monoisotopic (exact) mass is 440 g/mol. The Balaban J connectivity index is 0.00000150. The Morgan fingerprint density at radius 2 is 1.55 bits per heavy atom. The predicted molar refractivity (Wildman–Crippen MR) is 123 cm³/mol. The van der Waals surface area contributed by atoms with Gasteiger partial charge in [-0.25, -0.2) is 4.39 Å². The largest absolute Gasteiger partial charge is 0.494 e. The minimum atomic E-state index is -0.167. The number of fused-ring (bicyclic) bond motifs is 1. The van der Waals surface area contributed by atoms with E-state index in [1.165, 1.54) is 36.8 Å². The summed E-state index contributed by atoms with van der Waals surface area (Å²) < 4.78 is 19.0. The topological polar surface area (TPSA) is 15.7 Å². The molecule has 0 saturated carbocycles. The van der Waals surface area contributed by atoms with E-state index in [1.807, 2.05) is 12.1 Å². The quantitative estimate of drug-likeness (QED) is 0.554. The SMILES string of the molecule is Cl.Cl.Fc1ccc(N2CCN(CCCCOc3ccc4c(c3)CCC4)CC2)cc1. The predicted octanol–water partition coefficient (Wildman–Crippen LogP) is 5.14. The van der Waals surface area contributed by atoms with Crippen LogP contribution in [0.15, 0.2) is 42.5 Å². The van der Waals surface area contributed by atoms with E-state index in [4.69, 9.17) is 4.74 Å². The second kappa shape index (κ2) is 11.6. The zero-order valence-electron chi connectivity index (χ0n) is 16.8. The van der Waals surface area contributed by atoms with Gasteiger partial charge in [-0.05, 0) is 86.2 Å². The average Bonchev–Trinajstić information content (AvgIpc) is 3.17. The Labute approximate surface area is 186 Å². The fraction of sp³-hybridized carbons (Fsp3) is 0.478.